The first-order chi connectivity index (χ1) is 9.17. The molecule has 3 atom stereocenters. The lowest BCUT2D eigenvalue weighted by Crippen LogP contribution is -2.46. The van der Waals surface area contributed by atoms with E-state index < -0.39 is 0 Å². The van der Waals surface area contributed by atoms with Crippen LogP contribution in [0.4, 0.5) is 0 Å². The van der Waals surface area contributed by atoms with Gasteiger partial charge in [0.2, 0.25) is 0 Å². The molecule has 0 aliphatic carbocycles. The van der Waals surface area contributed by atoms with Crippen molar-refractivity contribution in [3.8, 4) is 0 Å². The minimum Gasteiger partial charge on any atom is -0.375 e. The first-order valence-electron chi connectivity index (χ1n) is 7.62. The van der Waals surface area contributed by atoms with Gasteiger partial charge in [-0.1, -0.05) is 44.2 Å². The van der Waals surface area contributed by atoms with Gasteiger partial charge in [-0.2, -0.15) is 0 Å². The van der Waals surface area contributed by atoms with E-state index >= 15 is 0 Å². The van der Waals surface area contributed by atoms with Gasteiger partial charge in [0, 0.05) is 18.7 Å². The van der Waals surface area contributed by atoms with E-state index in [1.165, 1.54) is 5.56 Å². The number of ether oxygens (including phenoxy) is 1. The molecule has 19 heavy (non-hydrogen) atoms. The van der Waals surface area contributed by atoms with Crippen molar-refractivity contribution in [3.63, 3.8) is 0 Å². The van der Waals surface area contributed by atoms with E-state index in [9.17, 15) is 0 Å². The van der Waals surface area contributed by atoms with Crippen LogP contribution in [0.5, 0.6) is 0 Å². The summed E-state index contributed by atoms with van der Waals surface area (Å²) in [6.45, 7) is 7.59. The third kappa shape index (κ3) is 3.80. The molecule has 1 aromatic carbocycles. The fourth-order valence-electron chi connectivity index (χ4n) is 2.94. The Morgan fingerprint density at radius 1 is 1.32 bits per heavy atom. The molecule has 0 amide bonds. The Balaban J connectivity index is 1.99. The number of benzene rings is 1. The van der Waals surface area contributed by atoms with E-state index in [2.05, 4.69) is 56.4 Å². The average molecular weight is 261 g/mol. The van der Waals surface area contributed by atoms with Crippen molar-refractivity contribution in [1.82, 2.24) is 5.32 Å². The van der Waals surface area contributed by atoms with Crippen LogP contribution in [0, 0.1) is 0 Å². The summed E-state index contributed by atoms with van der Waals surface area (Å²) in [5, 5.41) is 3.83. The van der Waals surface area contributed by atoms with E-state index in [-0.39, 0.29) is 5.60 Å². The normalized spacial score (nSPS) is 29.1. The summed E-state index contributed by atoms with van der Waals surface area (Å²) >= 11 is 0. The minimum atomic E-state index is 0.0604. The quantitative estimate of drug-likeness (QED) is 0.862. The maximum Gasteiger partial charge on any atom is 0.0666 e. The van der Waals surface area contributed by atoms with Crippen molar-refractivity contribution in [1.29, 1.82) is 0 Å². The molecular formula is C17H27NO. The molecule has 0 saturated carbocycles. The lowest BCUT2D eigenvalue weighted by Gasteiger charge is -2.39. The topological polar surface area (TPSA) is 21.3 Å². The number of hydrogen-bond donors (Lipinski definition) is 1. The van der Waals surface area contributed by atoms with Crippen LogP contribution in [-0.2, 0) is 4.74 Å². The summed E-state index contributed by atoms with van der Waals surface area (Å²) in [6.07, 6.45) is 4.46. The zero-order valence-corrected chi connectivity index (χ0v) is 12.5. The standard InChI is InChI=1S/C17H27NO/c1-4-16(14-9-7-6-8-10-14)18-15-11-12-19-17(3,5-2)13-15/h6-10,15-16,18H,4-5,11-13H2,1-3H3. The predicted molar refractivity (Wildman–Crippen MR) is 80.3 cm³/mol. The third-order valence-corrected chi connectivity index (χ3v) is 4.39. The van der Waals surface area contributed by atoms with Gasteiger partial charge in [-0.3, -0.25) is 0 Å². The summed E-state index contributed by atoms with van der Waals surface area (Å²) < 4.78 is 5.93. The highest BCUT2D eigenvalue weighted by Gasteiger charge is 2.32. The zero-order chi connectivity index (χ0) is 13.7. The van der Waals surface area contributed by atoms with Gasteiger partial charge in [0.05, 0.1) is 5.60 Å². The molecule has 1 aliphatic heterocycles. The molecule has 1 saturated heterocycles. The molecule has 1 aliphatic rings. The second-order valence-corrected chi connectivity index (χ2v) is 5.88. The van der Waals surface area contributed by atoms with Crippen molar-refractivity contribution in [2.45, 2.75) is 64.1 Å². The van der Waals surface area contributed by atoms with Crippen LogP contribution in [0.1, 0.15) is 58.1 Å². The van der Waals surface area contributed by atoms with Crippen LogP contribution in [0.2, 0.25) is 0 Å². The summed E-state index contributed by atoms with van der Waals surface area (Å²) in [6, 6.07) is 11.8. The number of nitrogens with one attached hydrogen (secondary N) is 1. The van der Waals surface area contributed by atoms with Gasteiger partial charge in [-0.15, -0.1) is 0 Å². The smallest absolute Gasteiger partial charge is 0.0666 e. The van der Waals surface area contributed by atoms with Gasteiger partial charge in [0.25, 0.3) is 0 Å². The van der Waals surface area contributed by atoms with E-state index in [1.807, 2.05) is 0 Å². The van der Waals surface area contributed by atoms with Crippen molar-refractivity contribution in [2.24, 2.45) is 0 Å². The summed E-state index contributed by atoms with van der Waals surface area (Å²) in [5.41, 5.74) is 1.46. The van der Waals surface area contributed by atoms with E-state index in [0.717, 1.165) is 32.3 Å². The molecule has 0 radical (unpaired) electrons. The Labute approximate surface area is 117 Å². The molecule has 2 nitrogen and oxygen atoms in total. The van der Waals surface area contributed by atoms with Crippen LogP contribution < -0.4 is 5.32 Å². The fraction of sp³-hybridized carbons (Fsp3) is 0.647. The van der Waals surface area contributed by atoms with Gasteiger partial charge in [0.1, 0.15) is 0 Å². The highest BCUT2D eigenvalue weighted by Crippen LogP contribution is 2.29. The summed E-state index contributed by atoms with van der Waals surface area (Å²) in [4.78, 5) is 0. The van der Waals surface area contributed by atoms with Gasteiger partial charge in [-0.05, 0) is 38.2 Å². The highest BCUT2D eigenvalue weighted by molar-refractivity contribution is 5.19. The molecular weight excluding hydrogens is 234 g/mol. The molecule has 0 bridgehead atoms. The van der Waals surface area contributed by atoms with Crippen LogP contribution in [-0.4, -0.2) is 18.2 Å². The van der Waals surface area contributed by atoms with Crippen molar-refractivity contribution >= 4 is 0 Å². The molecule has 1 heterocycles. The van der Waals surface area contributed by atoms with Crippen molar-refractivity contribution in [2.75, 3.05) is 6.61 Å². The monoisotopic (exact) mass is 261 g/mol. The first-order valence-corrected chi connectivity index (χ1v) is 7.62. The Morgan fingerprint density at radius 2 is 2.05 bits per heavy atom. The Bertz CT molecular complexity index is 378. The fourth-order valence-corrected chi connectivity index (χ4v) is 2.94. The SMILES string of the molecule is CCC(NC1CCOC(C)(CC)C1)c1ccccc1. The molecule has 0 aromatic heterocycles. The molecule has 1 aromatic rings. The largest absolute Gasteiger partial charge is 0.375 e. The molecule has 0 spiro atoms. The Morgan fingerprint density at radius 3 is 2.68 bits per heavy atom. The second kappa shape index (κ2) is 6.53. The van der Waals surface area contributed by atoms with Gasteiger partial charge >= 0.3 is 0 Å². The first kappa shape index (κ1) is 14.5. The zero-order valence-electron chi connectivity index (χ0n) is 12.5. The van der Waals surface area contributed by atoms with Crippen LogP contribution in [0.25, 0.3) is 0 Å². The van der Waals surface area contributed by atoms with Crippen molar-refractivity contribution in [3.05, 3.63) is 35.9 Å². The van der Waals surface area contributed by atoms with E-state index in [0.29, 0.717) is 12.1 Å². The number of rotatable bonds is 5. The molecule has 2 heteroatoms. The summed E-state index contributed by atoms with van der Waals surface area (Å²) in [7, 11) is 0. The lowest BCUT2D eigenvalue weighted by molar-refractivity contribution is -0.0792. The molecule has 2 rings (SSSR count). The van der Waals surface area contributed by atoms with Crippen molar-refractivity contribution < 1.29 is 4.74 Å². The van der Waals surface area contributed by atoms with Crippen LogP contribution in [0.3, 0.4) is 0 Å². The average Bonchev–Trinajstić information content (AvgIpc) is 2.46. The Hall–Kier alpha value is -0.860. The van der Waals surface area contributed by atoms with Gasteiger partial charge < -0.3 is 10.1 Å². The molecule has 106 valence electrons. The maximum absolute atomic E-state index is 5.93. The van der Waals surface area contributed by atoms with Gasteiger partial charge in [0.15, 0.2) is 0 Å². The minimum absolute atomic E-state index is 0.0604. The molecule has 3 unspecified atom stereocenters. The van der Waals surface area contributed by atoms with Gasteiger partial charge in [-0.25, -0.2) is 0 Å². The number of hydrogen-bond acceptors (Lipinski definition) is 2. The van der Waals surface area contributed by atoms with Crippen LogP contribution in [0.15, 0.2) is 30.3 Å². The maximum atomic E-state index is 5.93. The highest BCUT2D eigenvalue weighted by atomic mass is 16.5. The molecule has 1 N–H and O–H groups in total. The third-order valence-electron chi connectivity index (χ3n) is 4.39. The lowest BCUT2D eigenvalue weighted by atomic mass is 9.89. The van der Waals surface area contributed by atoms with E-state index in [1.54, 1.807) is 0 Å². The molecule has 1 fully saturated rings. The predicted octanol–water partition coefficient (Wildman–Crippen LogP) is 4.08. The second-order valence-electron chi connectivity index (χ2n) is 5.88. The van der Waals surface area contributed by atoms with Crippen LogP contribution >= 0.6 is 0 Å². The van der Waals surface area contributed by atoms with E-state index in [4.69, 9.17) is 4.74 Å². The Kier molecular flexibility index (Phi) is 5.00. The summed E-state index contributed by atoms with van der Waals surface area (Å²) in [5.74, 6) is 0.